The van der Waals surface area contributed by atoms with Crippen LogP contribution in [0.1, 0.15) is 13.8 Å². The van der Waals surface area contributed by atoms with E-state index in [4.69, 9.17) is 14.0 Å². The van der Waals surface area contributed by atoms with Gasteiger partial charge in [-0.1, -0.05) is 48.5 Å². The first-order chi connectivity index (χ1) is 16.1. The standard InChI is InChI=1S/C27H24NO3PS/c1-3-30-32(29,31-4-2)26-13-12-20-16-22(21-14-15-33-18-21)17-25(27(20)28-26)24-11-7-9-19-8-5-6-10-23(19)24/h5-18H,3-4H2,1-2H3. The van der Waals surface area contributed by atoms with E-state index in [9.17, 15) is 4.57 Å². The first kappa shape index (κ1) is 22.0. The smallest absolute Gasteiger partial charge is 0.304 e. The third-order valence-corrected chi connectivity index (χ3v) is 8.28. The van der Waals surface area contributed by atoms with Crippen LogP contribution in [0.25, 0.3) is 43.9 Å². The van der Waals surface area contributed by atoms with E-state index in [1.54, 1.807) is 31.3 Å². The van der Waals surface area contributed by atoms with Gasteiger partial charge in [-0.15, -0.1) is 0 Å². The molecule has 4 nitrogen and oxygen atoms in total. The second-order valence-electron chi connectivity index (χ2n) is 7.64. The van der Waals surface area contributed by atoms with Crippen molar-refractivity contribution >= 4 is 46.0 Å². The molecule has 0 aliphatic carbocycles. The summed E-state index contributed by atoms with van der Waals surface area (Å²) in [6.07, 6.45) is 0. The highest BCUT2D eigenvalue weighted by molar-refractivity contribution is 7.61. The molecule has 0 unspecified atom stereocenters. The fraction of sp³-hybridized carbons (Fsp3) is 0.148. The summed E-state index contributed by atoms with van der Waals surface area (Å²) in [6.45, 7) is 4.18. The predicted octanol–water partition coefficient (Wildman–Crippen LogP) is 7.67. The van der Waals surface area contributed by atoms with Crippen LogP contribution in [0, 0.1) is 0 Å². The maximum atomic E-state index is 13.5. The Morgan fingerprint density at radius 1 is 0.818 bits per heavy atom. The number of nitrogens with zero attached hydrogens (tertiary/aromatic N) is 1. The van der Waals surface area contributed by atoms with Gasteiger partial charge in [0.25, 0.3) is 0 Å². The molecule has 33 heavy (non-hydrogen) atoms. The summed E-state index contributed by atoms with van der Waals surface area (Å²) in [5.41, 5.74) is 5.49. The van der Waals surface area contributed by atoms with E-state index in [2.05, 4.69) is 59.3 Å². The SMILES string of the molecule is CCOP(=O)(OCC)c1ccc2cc(-c3ccsc3)cc(-c3cccc4ccccc34)c2n1. The van der Waals surface area contributed by atoms with Crippen molar-refractivity contribution in [1.29, 1.82) is 0 Å². The van der Waals surface area contributed by atoms with Gasteiger partial charge in [-0.25, -0.2) is 4.98 Å². The first-order valence-electron chi connectivity index (χ1n) is 11.0. The molecule has 5 aromatic rings. The second-order valence-corrected chi connectivity index (χ2v) is 10.4. The summed E-state index contributed by atoms with van der Waals surface area (Å²) in [4.78, 5) is 4.88. The lowest BCUT2D eigenvalue weighted by atomic mass is 9.93. The zero-order chi connectivity index (χ0) is 22.8. The Morgan fingerprint density at radius 3 is 2.36 bits per heavy atom. The molecule has 0 bridgehead atoms. The Kier molecular flexibility index (Phi) is 6.13. The van der Waals surface area contributed by atoms with E-state index in [1.165, 1.54) is 5.56 Å². The highest BCUT2D eigenvalue weighted by Crippen LogP contribution is 2.47. The van der Waals surface area contributed by atoms with Crippen molar-refractivity contribution in [3.05, 3.63) is 83.6 Å². The Bertz CT molecular complexity index is 1460. The van der Waals surface area contributed by atoms with Crippen molar-refractivity contribution in [2.75, 3.05) is 13.2 Å². The van der Waals surface area contributed by atoms with Crippen molar-refractivity contribution in [2.24, 2.45) is 0 Å². The van der Waals surface area contributed by atoms with Gasteiger partial charge in [-0.05, 0) is 76.3 Å². The fourth-order valence-corrected chi connectivity index (χ4v) is 6.31. The lowest BCUT2D eigenvalue weighted by Gasteiger charge is -2.18. The maximum absolute atomic E-state index is 13.5. The summed E-state index contributed by atoms with van der Waals surface area (Å²) in [7, 11) is -3.51. The average molecular weight is 474 g/mol. The Hall–Kier alpha value is -2.82. The first-order valence-corrected chi connectivity index (χ1v) is 13.5. The number of pyridine rings is 1. The van der Waals surface area contributed by atoms with Gasteiger partial charge >= 0.3 is 7.60 Å². The molecule has 0 saturated carbocycles. The van der Waals surface area contributed by atoms with Gasteiger partial charge in [0.2, 0.25) is 0 Å². The summed E-state index contributed by atoms with van der Waals surface area (Å²) >= 11 is 1.68. The van der Waals surface area contributed by atoms with E-state index in [0.717, 1.165) is 38.4 Å². The fourth-order valence-electron chi connectivity index (χ4n) is 4.15. The number of hydrogen-bond donors (Lipinski definition) is 0. The molecule has 2 heterocycles. The number of benzene rings is 3. The molecule has 0 aliphatic rings. The zero-order valence-electron chi connectivity index (χ0n) is 18.5. The van der Waals surface area contributed by atoms with Crippen LogP contribution in [0.2, 0.25) is 0 Å². The molecule has 0 aliphatic heterocycles. The van der Waals surface area contributed by atoms with Crippen molar-refractivity contribution < 1.29 is 13.6 Å². The molecule has 2 aromatic heterocycles. The van der Waals surface area contributed by atoms with Crippen molar-refractivity contribution in [1.82, 2.24) is 4.98 Å². The van der Waals surface area contributed by atoms with Crippen LogP contribution in [0.15, 0.2) is 83.6 Å². The van der Waals surface area contributed by atoms with Crippen LogP contribution in [0.3, 0.4) is 0 Å². The second kappa shape index (κ2) is 9.20. The minimum Gasteiger partial charge on any atom is -0.304 e. The van der Waals surface area contributed by atoms with E-state index in [0.29, 0.717) is 5.44 Å². The Morgan fingerprint density at radius 2 is 1.61 bits per heavy atom. The molecule has 0 amide bonds. The highest BCUT2D eigenvalue weighted by Gasteiger charge is 2.29. The number of hydrogen-bond acceptors (Lipinski definition) is 5. The van der Waals surface area contributed by atoms with Crippen molar-refractivity contribution in [3.8, 4) is 22.3 Å². The van der Waals surface area contributed by atoms with Crippen LogP contribution < -0.4 is 5.44 Å². The number of thiophene rings is 1. The molecule has 6 heteroatoms. The number of fused-ring (bicyclic) bond motifs is 2. The van der Waals surface area contributed by atoms with Crippen LogP contribution in [-0.2, 0) is 13.6 Å². The summed E-state index contributed by atoms with van der Waals surface area (Å²) in [5, 5.41) is 7.51. The van der Waals surface area contributed by atoms with E-state index < -0.39 is 7.60 Å². The summed E-state index contributed by atoms with van der Waals surface area (Å²) in [5.74, 6) is 0. The molecule has 0 atom stereocenters. The number of aromatic nitrogens is 1. The van der Waals surface area contributed by atoms with Crippen LogP contribution >= 0.6 is 18.9 Å². The molecule has 0 N–H and O–H groups in total. The molecule has 0 saturated heterocycles. The minimum atomic E-state index is -3.51. The third kappa shape index (κ3) is 4.14. The van der Waals surface area contributed by atoms with Gasteiger partial charge < -0.3 is 9.05 Å². The van der Waals surface area contributed by atoms with Crippen LogP contribution in [0.4, 0.5) is 0 Å². The van der Waals surface area contributed by atoms with Crippen molar-refractivity contribution in [3.63, 3.8) is 0 Å². The Balaban J connectivity index is 1.82. The quantitative estimate of drug-likeness (QED) is 0.228. The lowest BCUT2D eigenvalue weighted by molar-refractivity contribution is 0.229. The van der Waals surface area contributed by atoms with Gasteiger partial charge in [0, 0.05) is 10.9 Å². The van der Waals surface area contributed by atoms with E-state index in [-0.39, 0.29) is 13.2 Å². The van der Waals surface area contributed by atoms with Gasteiger partial charge in [-0.3, -0.25) is 4.57 Å². The molecular weight excluding hydrogens is 449 g/mol. The van der Waals surface area contributed by atoms with Gasteiger partial charge in [-0.2, -0.15) is 11.3 Å². The van der Waals surface area contributed by atoms with E-state index >= 15 is 0 Å². The molecule has 0 fully saturated rings. The van der Waals surface area contributed by atoms with Crippen LogP contribution in [0.5, 0.6) is 0 Å². The topological polar surface area (TPSA) is 48.4 Å². The molecule has 3 aromatic carbocycles. The minimum absolute atomic E-state index is 0.282. The monoisotopic (exact) mass is 473 g/mol. The molecule has 0 radical (unpaired) electrons. The molecule has 166 valence electrons. The van der Waals surface area contributed by atoms with Gasteiger partial charge in [0.05, 0.1) is 18.7 Å². The lowest BCUT2D eigenvalue weighted by Crippen LogP contribution is -2.14. The largest absolute Gasteiger partial charge is 0.379 e. The van der Waals surface area contributed by atoms with Crippen LogP contribution in [-0.4, -0.2) is 18.2 Å². The number of rotatable bonds is 7. The van der Waals surface area contributed by atoms with E-state index in [1.807, 2.05) is 18.2 Å². The predicted molar refractivity (Wildman–Crippen MR) is 138 cm³/mol. The maximum Gasteiger partial charge on any atom is 0.379 e. The Labute approximate surface area is 197 Å². The normalized spacial score (nSPS) is 11.9. The van der Waals surface area contributed by atoms with Gasteiger partial charge in [0.1, 0.15) is 0 Å². The molecular formula is C27H24NO3PS. The average Bonchev–Trinajstić information content (AvgIpc) is 3.38. The summed E-state index contributed by atoms with van der Waals surface area (Å²) in [6, 6.07) is 24.8. The molecule has 0 spiro atoms. The molecule has 5 rings (SSSR count). The van der Waals surface area contributed by atoms with Gasteiger partial charge in [0.15, 0.2) is 5.44 Å². The van der Waals surface area contributed by atoms with Crippen molar-refractivity contribution in [2.45, 2.75) is 13.8 Å². The highest BCUT2D eigenvalue weighted by atomic mass is 32.1. The summed E-state index contributed by atoms with van der Waals surface area (Å²) < 4.78 is 24.6. The third-order valence-electron chi connectivity index (χ3n) is 5.59. The zero-order valence-corrected chi connectivity index (χ0v) is 20.2.